The van der Waals surface area contributed by atoms with Crippen LogP contribution in [0.5, 0.6) is 5.75 Å². The lowest BCUT2D eigenvalue weighted by atomic mass is 10.2. The molecule has 2 heterocycles. The predicted octanol–water partition coefficient (Wildman–Crippen LogP) is 0.955. The van der Waals surface area contributed by atoms with Gasteiger partial charge in [0.05, 0.1) is 11.8 Å². The Bertz CT molecular complexity index is 466. The summed E-state index contributed by atoms with van der Waals surface area (Å²) < 4.78 is 0. The molecule has 0 aromatic carbocycles. The second-order valence-electron chi connectivity index (χ2n) is 5.47. The lowest BCUT2D eigenvalue weighted by Gasteiger charge is -2.34. The number of hydrogen-bond donors (Lipinski definition) is 1. The van der Waals surface area contributed by atoms with Gasteiger partial charge in [-0.1, -0.05) is 0 Å². The Balaban J connectivity index is 1.56. The minimum atomic E-state index is -0.0329. The smallest absolute Gasteiger partial charge is 0.255 e. The minimum absolute atomic E-state index is 0.0329. The second-order valence-corrected chi connectivity index (χ2v) is 5.47. The SMILES string of the molecule is O=C(c1cncc(O)c1)N1CCN(CC2CC2)CC1. The van der Waals surface area contributed by atoms with Gasteiger partial charge >= 0.3 is 0 Å². The van der Waals surface area contributed by atoms with E-state index < -0.39 is 0 Å². The summed E-state index contributed by atoms with van der Waals surface area (Å²) in [7, 11) is 0. The lowest BCUT2D eigenvalue weighted by molar-refractivity contribution is 0.0631. The van der Waals surface area contributed by atoms with Gasteiger partial charge in [0.25, 0.3) is 5.91 Å². The maximum atomic E-state index is 12.2. The van der Waals surface area contributed by atoms with Crippen molar-refractivity contribution >= 4 is 5.91 Å². The number of aromatic hydroxyl groups is 1. The molecule has 0 atom stereocenters. The van der Waals surface area contributed by atoms with E-state index in [4.69, 9.17) is 0 Å². The molecule has 102 valence electrons. The van der Waals surface area contributed by atoms with Gasteiger partial charge in [0.1, 0.15) is 5.75 Å². The zero-order valence-electron chi connectivity index (χ0n) is 11.0. The molecular formula is C14H19N3O2. The first-order chi connectivity index (χ1) is 9.22. The lowest BCUT2D eigenvalue weighted by Crippen LogP contribution is -2.49. The van der Waals surface area contributed by atoms with E-state index in [1.54, 1.807) is 0 Å². The van der Waals surface area contributed by atoms with Crippen LogP contribution in [0.1, 0.15) is 23.2 Å². The number of nitrogens with zero attached hydrogens (tertiary/aromatic N) is 3. The molecule has 0 unspecified atom stereocenters. The van der Waals surface area contributed by atoms with E-state index in [9.17, 15) is 9.90 Å². The summed E-state index contributed by atoms with van der Waals surface area (Å²) in [6.07, 6.45) is 5.59. The first-order valence-corrected chi connectivity index (χ1v) is 6.88. The third-order valence-corrected chi connectivity index (χ3v) is 3.84. The van der Waals surface area contributed by atoms with Gasteiger partial charge in [-0.25, -0.2) is 0 Å². The number of piperazine rings is 1. The molecule has 1 aliphatic heterocycles. The largest absolute Gasteiger partial charge is 0.506 e. The van der Waals surface area contributed by atoms with Gasteiger partial charge in [-0.05, 0) is 24.8 Å². The van der Waals surface area contributed by atoms with Gasteiger partial charge in [-0.3, -0.25) is 14.7 Å². The predicted molar refractivity (Wildman–Crippen MR) is 71.0 cm³/mol. The van der Waals surface area contributed by atoms with Crippen molar-refractivity contribution in [2.45, 2.75) is 12.8 Å². The summed E-state index contributed by atoms with van der Waals surface area (Å²) >= 11 is 0. The van der Waals surface area contributed by atoms with Gasteiger partial charge in [0, 0.05) is 38.9 Å². The van der Waals surface area contributed by atoms with E-state index in [1.807, 2.05) is 4.90 Å². The van der Waals surface area contributed by atoms with Gasteiger partial charge in [-0.2, -0.15) is 0 Å². The van der Waals surface area contributed by atoms with E-state index in [0.29, 0.717) is 5.56 Å². The number of pyridine rings is 1. The quantitative estimate of drug-likeness (QED) is 0.880. The number of carbonyl (C=O) groups excluding carboxylic acids is 1. The third-order valence-electron chi connectivity index (χ3n) is 3.84. The molecule has 19 heavy (non-hydrogen) atoms. The fourth-order valence-corrected chi connectivity index (χ4v) is 2.53. The van der Waals surface area contributed by atoms with E-state index in [1.165, 1.54) is 37.8 Å². The van der Waals surface area contributed by atoms with E-state index in [0.717, 1.165) is 32.1 Å². The van der Waals surface area contributed by atoms with Crippen LogP contribution >= 0.6 is 0 Å². The van der Waals surface area contributed by atoms with Gasteiger partial charge in [-0.15, -0.1) is 0 Å². The van der Waals surface area contributed by atoms with Crippen molar-refractivity contribution in [1.29, 1.82) is 0 Å². The highest BCUT2D eigenvalue weighted by molar-refractivity contribution is 5.94. The Morgan fingerprint density at radius 3 is 2.63 bits per heavy atom. The van der Waals surface area contributed by atoms with Crippen LogP contribution in [0, 0.1) is 5.92 Å². The number of carbonyl (C=O) groups is 1. The Morgan fingerprint density at radius 1 is 1.26 bits per heavy atom. The molecule has 0 bridgehead atoms. The molecule has 1 aromatic rings. The standard InChI is InChI=1S/C14H19N3O2/c18-13-7-12(8-15-9-13)14(19)17-5-3-16(4-6-17)10-11-1-2-11/h7-9,11,18H,1-6,10H2. The van der Waals surface area contributed by atoms with Crippen molar-refractivity contribution in [3.8, 4) is 5.75 Å². The summed E-state index contributed by atoms with van der Waals surface area (Å²) in [6, 6.07) is 1.48. The Labute approximate surface area is 112 Å². The molecule has 5 heteroatoms. The molecular weight excluding hydrogens is 242 g/mol. The third kappa shape index (κ3) is 3.04. The fraction of sp³-hybridized carbons (Fsp3) is 0.571. The molecule has 1 aliphatic carbocycles. The molecule has 1 saturated carbocycles. The molecule has 2 aliphatic rings. The summed E-state index contributed by atoms with van der Waals surface area (Å²) in [5, 5.41) is 9.37. The molecule has 3 rings (SSSR count). The van der Waals surface area contributed by atoms with Crippen LogP contribution in [0.3, 0.4) is 0 Å². The van der Waals surface area contributed by atoms with Crippen molar-refractivity contribution in [1.82, 2.24) is 14.8 Å². The normalized spacial score (nSPS) is 20.5. The van der Waals surface area contributed by atoms with Gasteiger partial charge < -0.3 is 10.0 Å². The average Bonchev–Trinajstić information content (AvgIpc) is 3.23. The zero-order valence-corrected chi connectivity index (χ0v) is 11.0. The molecule has 0 spiro atoms. The van der Waals surface area contributed by atoms with Crippen LogP contribution in [-0.4, -0.2) is 58.5 Å². The summed E-state index contributed by atoms with van der Waals surface area (Å²) in [6.45, 7) is 4.63. The van der Waals surface area contributed by atoms with Crippen molar-refractivity contribution in [2.75, 3.05) is 32.7 Å². The molecule has 1 amide bonds. The van der Waals surface area contributed by atoms with Crippen LogP contribution in [0.2, 0.25) is 0 Å². The molecule has 1 saturated heterocycles. The molecule has 1 aromatic heterocycles. The fourth-order valence-electron chi connectivity index (χ4n) is 2.53. The number of aromatic nitrogens is 1. The molecule has 1 N–H and O–H groups in total. The number of amides is 1. The van der Waals surface area contributed by atoms with Crippen LogP contribution in [0.25, 0.3) is 0 Å². The average molecular weight is 261 g/mol. The monoisotopic (exact) mass is 261 g/mol. The first kappa shape index (κ1) is 12.4. The summed E-state index contributed by atoms with van der Waals surface area (Å²) in [5.41, 5.74) is 0.468. The van der Waals surface area contributed by atoms with E-state index in [-0.39, 0.29) is 11.7 Å². The van der Waals surface area contributed by atoms with Crippen molar-refractivity contribution in [3.63, 3.8) is 0 Å². The van der Waals surface area contributed by atoms with Gasteiger partial charge in [0.2, 0.25) is 0 Å². The van der Waals surface area contributed by atoms with Crippen LogP contribution in [0.4, 0.5) is 0 Å². The van der Waals surface area contributed by atoms with E-state index >= 15 is 0 Å². The zero-order chi connectivity index (χ0) is 13.2. The Hall–Kier alpha value is -1.62. The summed E-state index contributed by atoms with van der Waals surface area (Å²) in [4.78, 5) is 20.4. The summed E-state index contributed by atoms with van der Waals surface area (Å²) in [5.74, 6) is 0.908. The number of hydrogen-bond acceptors (Lipinski definition) is 4. The second kappa shape index (κ2) is 5.17. The van der Waals surface area contributed by atoms with Crippen molar-refractivity contribution in [3.05, 3.63) is 24.0 Å². The Kier molecular flexibility index (Phi) is 3.38. The highest BCUT2D eigenvalue weighted by Crippen LogP contribution is 2.30. The topological polar surface area (TPSA) is 56.7 Å². The first-order valence-electron chi connectivity index (χ1n) is 6.88. The molecule has 5 nitrogen and oxygen atoms in total. The maximum absolute atomic E-state index is 12.2. The van der Waals surface area contributed by atoms with E-state index in [2.05, 4.69) is 9.88 Å². The highest BCUT2D eigenvalue weighted by Gasteiger charge is 2.28. The number of rotatable bonds is 3. The Morgan fingerprint density at radius 2 is 2.00 bits per heavy atom. The molecule has 2 fully saturated rings. The van der Waals surface area contributed by atoms with Gasteiger partial charge in [0.15, 0.2) is 0 Å². The maximum Gasteiger partial charge on any atom is 0.255 e. The van der Waals surface area contributed by atoms with Crippen LogP contribution in [0.15, 0.2) is 18.5 Å². The highest BCUT2D eigenvalue weighted by atomic mass is 16.3. The minimum Gasteiger partial charge on any atom is -0.506 e. The van der Waals surface area contributed by atoms with Crippen LogP contribution in [-0.2, 0) is 0 Å². The van der Waals surface area contributed by atoms with Crippen LogP contribution < -0.4 is 0 Å². The molecule has 0 radical (unpaired) electrons. The van der Waals surface area contributed by atoms with Crippen molar-refractivity contribution < 1.29 is 9.90 Å². The van der Waals surface area contributed by atoms with Crippen molar-refractivity contribution in [2.24, 2.45) is 5.92 Å².